The first-order valence-corrected chi connectivity index (χ1v) is 20.0. The van der Waals surface area contributed by atoms with Crippen molar-refractivity contribution in [2.24, 2.45) is 21.7 Å². The van der Waals surface area contributed by atoms with E-state index >= 15 is 19.2 Å². The van der Waals surface area contributed by atoms with Crippen LogP contribution in [-0.4, -0.2) is 84.7 Å². The van der Waals surface area contributed by atoms with Gasteiger partial charge in [-0.25, -0.2) is 0 Å². The van der Waals surface area contributed by atoms with E-state index in [1.165, 1.54) is 24.3 Å². The number of carbonyl (C=O) groups is 4. The number of anilines is 2. The van der Waals surface area contributed by atoms with Crippen LogP contribution in [0.1, 0.15) is 50.7 Å². The van der Waals surface area contributed by atoms with Gasteiger partial charge >= 0.3 is 23.9 Å². The second kappa shape index (κ2) is 13.3. The highest BCUT2D eigenvalue weighted by Gasteiger charge is 3.07. The lowest BCUT2D eigenvalue weighted by atomic mass is 9.15. The van der Waals surface area contributed by atoms with Crippen LogP contribution in [0.15, 0.2) is 109 Å². The summed E-state index contributed by atoms with van der Waals surface area (Å²) < 4.78 is 24.7. The number of rotatable bonds is 12. The summed E-state index contributed by atoms with van der Waals surface area (Å²) in [5.41, 5.74) is -4.57. The molecule has 6 aliphatic rings. The van der Waals surface area contributed by atoms with Crippen LogP contribution in [0.2, 0.25) is 0 Å². The van der Waals surface area contributed by atoms with E-state index in [0.717, 1.165) is 0 Å². The highest BCUT2D eigenvalue weighted by Crippen LogP contribution is 2.92. The van der Waals surface area contributed by atoms with Crippen molar-refractivity contribution in [1.82, 2.24) is 0 Å². The van der Waals surface area contributed by atoms with Crippen LogP contribution in [0, 0.1) is 21.7 Å². The number of hydrogen-bond donors (Lipinski definition) is 2. The molecular formula is C46H46N2O10. The van der Waals surface area contributed by atoms with Gasteiger partial charge in [0.25, 0.3) is 0 Å². The second-order valence-corrected chi connectivity index (χ2v) is 15.8. The molecule has 12 heteroatoms. The van der Waals surface area contributed by atoms with E-state index in [9.17, 15) is 10.2 Å². The Morgan fingerprint density at radius 2 is 0.707 bits per heavy atom. The van der Waals surface area contributed by atoms with E-state index in [4.69, 9.17) is 18.9 Å². The van der Waals surface area contributed by atoms with Crippen molar-refractivity contribution in [2.75, 3.05) is 36.2 Å². The molecule has 2 N–H and O–H groups in total. The molecule has 0 spiro atoms. The van der Waals surface area contributed by atoms with Gasteiger partial charge in [0, 0.05) is 23.2 Å². The van der Waals surface area contributed by atoms with E-state index in [1.54, 1.807) is 52.0 Å². The topological polar surface area (TPSA) is 152 Å². The van der Waals surface area contributed by atoms with E-state index in [-0.39, 0.29) is 37.9 Å². The summed E-state index contributed by atoms with van der Waals surface area (Å²) in [5.74, 6) is -4.59. The van der Waals surface area contributed by atoms with Crippen LogP contribution in [0.25, 0.3) is 0 Å². The van der Waals surface area contributed by atoms with Crippen LogP contribution in [-0.2, 0) is 38.1 Å². The zero-order valence-corrected chi connectivity index (χ0v) is 32.7. The largest absolute Gasteiger partial charge is 0.508 e. The highest BCUT2D eigenvalue weighted by atomic mass is 16.6. The number of piperidine rings is 4. The summed E-state index contributed by atoms with van der Waals surface area (Å²) in [6, 6.07) is 27.0. The molecule has 4 saturated heterocycles. The third-order valence-corrected chi connectivity index (χ3v) is 13.7. The van der Waals surface area contributed by atoms with Crippen molar-refractivity contribution in [3.05, 3.63) is 120 Å². The van der Waals surface area contributed by atoms with Gasteiger partial charge in [0.05, 0.1) is 50.6 Å². The average molecular weight is 787 g/mol. The third kappa shape index (κ3) is 4.15. The Kier molecular flexibility index (Phi) is 8.58. The first-order chi connectivity index (χ1) is 28.1. The number of benzene rings is 4. The van der Waals surface area contributed by atoms with E-state index in [0.29, 0.717) is 22.5 Å². The predicted octanol–water partition coefficient (Wildman–Crippen LogP) is 5.72. The lowest BCUT2D eigenvalue weighted by Crippen LogP contribution is -3.10. The summed E-state index contributed by atoms with van der Waals surface area (Å²) in [6.45, 7) is 6.87. The molecule has 0 unspecified atom stereocenters. The Bertz CT molecular complexity index is 2010. The molecule has 0 radical (unpaired) electrons. The van der Waals surface area contributed by atoms with Crippen LogP contribution in [0.3, 0.4) is 0 Å². The number of esters is 4. The van der Waals surface area contributed by atoms with Crippen molar-refractivity contribution in [3.8, 4) is 11.5 Å². The van der Waals surface area contributed by atoms with Gasteiger partial charge < -0.3 is 39.0 Å². The fraction of sp³-hybridized carbons (Fsp3) is 0.391. The zero-order chi connectivity index (χ0) is 40.8. The standard InChI is InChI=1S/C46H46N2O10/c1-5-55-39(51)43-33(27-19-23-31(49)24-20-27)44(40(52)56-6-2)37-46(42(54)58-8-4)34(28-21-25-32(50)26-22-28)45(41(53)57-7-3,35(43)47(37)29-15-11-9-12-16-29)36(43)48(38(44)46)30-17-13-10-14-18-30/h9-26,33-38,49-50H,5-8H2,1-4H3. The van der Waals surface area contributed by atoms with E-state index in [1.807, 2.05) is 70.5 Å². The molecular weight excluding hydrogens is 741 g/mol. The van der Waals surface area contributed by atoms with Gasteiger partial charge in [0.2, 0.25) is 0 Å². The summed E-state index contributed by atoms with van der Waals surface area (Å²) in [6.07, 6.45) is 0. The SMILES string of the molecule is CCOC(=O)C12C(c3ccc(O)cc3)C3(C(=O)OCC)C4N(c5ccccc5)C1C1(C(=O)OCC)C(c5ccc(O)cc5)C4(C(=O)OCC)C3N(c3ccccc3)C21. The van der Waals surface area contributed by atoms with E-state index < -0.39 is 81.5 Å². The van der Waals surface area contributed by atoms with Gasteiger partial charge in [-0.2, -0.15) is 0 Å². The minimum Gasteiger partial charge on any atom is -0.508 e. The van der Waals surface area contributed by atoms with Crippen LogP contribution in [0.5, 0.6) is 11.5 Å². The molecule has 0 amide bonds. The first kappa shape index (κ1) is 37.5. The van der Waals surface area contributed by atoms with Crippen molar-refractivity contribution in [3.63, 3.8) is 0 Å². The number of nitrogens with zero attached hydrogens (tertiary/aromatic N) is 2. The molecule has 6 fully saturated rings. The number of hydrogen-bond acceptors (Lipinski definition) is 12. The summed E-state index contributed by atoms with van der Waals surface area (Å²) in [4.78, 5) is 66.9. The first-order valence-electron chi connectivity index (χ1n) is 20.0. The van der Waals surface area contributed by atoms with Gasteiger partial charge in [0.1, 0.15) is 33.2 Å². The fourth-order valence-corrected chi connectivity index (χ4v) is 12.8. The summed E-state index contributed by atoms with van der Waals surface area (Å²) in [5, 5.41) is 21.2. The molecule has 8 bridgehead atoms. The van der Waals surface area contributed by atoms with Gasteiger partial charge in [-0.05, 0) is 87.4 Å². The van der Waals surface area contributed by atoms with Crippen LogP contribution >= 0.6 is 0 Å². The molecule has 0 atom stereocenters. The maximum Gasteiger partial charge on any atom is 0.317 e. The normalized spacial score (nSPS) is 33.0. The smallest absolute Gasteiger partial charge is 0.317 e. The summed E-state index contributed by atoms with van der Waals surface area (Å²) >= 11 is 0. The maximum absolute atomic E-state index is 15.8. The lowest BCUT2D eigenvalue weighted by molar-refractivity contribution is -0.340. The zero-order valence-electron chi connectivity index (χ0n) is 32.7. The van der Waals surface area contributed by atoms with Gasteiger partial charge in [-0.15, -0.1) is 0 Å². The number of ether oxygens (including phenoxy) is 4. The lowest BCUT2D eigenvalue weighted by Gasteiger charge is -2.95. The Morgan fingerprint density at radius 3 is 0.948 bits per heavy atom. The molecule has 4 aliphatic heterocycles. The van der Waals surface area contributed by atoms with Crippen LogP contribution in [0.4, 0.5) is 11.4 Å². The van der Waals surface area contributed by atoms with Gasteiger partial charge in [0.15, 0.2) is 0 Å². The maximum atomic E-state index is 15.8. The number of carbonyl (C=O) groups excluding carboxylic acids is 4. The Labute approximate surface area is 336 Å². The van der Waals surface area contributed by atoms with Gasteiger partial charge in [-0.3, -0.25) is 19.2 Å². The number of phenolic OH excluding ortho intramolecular Hbond substituents is 2. The monoisotopic (exact) mass is 786 g/mol. The summed E-state index contributed by atoms with van der Waals surface area (Å²) in [7, 11) is 0. The molecule has 4 heterocycles. The number of para-hydroxylation sites is 2. The Hall–Kier alpha value is -6.04. The molecule has 0 aromatic heterocycles. The Morgan fingerprint density at radius 1 is 0.448 bits per heavy atom. The minimum absolute atomic E-state index is 0.00117. The van der Waals surface area contributed by atoms with Crippen LogP contribution < -0.4 is 9.80 Å². The van der Waals surface area contributed by atoms with Gasteiger partial charge in [-0.1, -0.05) is 60.7 Å². The number of phenols is 2. The molecule has 12 nitrogen and oxygen atoms in total. The molecule has 2 saturated carbocycles. The predicted molar refractivity (Wildman–Crippen MR) is 211 cm³/mol. The fourth-order valence-electron chi connectivity index (χ4n) is 12.8. The van der Waals surface area contributed by atoms with Crippen molar-refractivity contribution < 1.29 is 48.3 Å². The van der Waals surface area contributed by atoms with Crippen molar-refractivity contribution in [2.45, 2.75) is 63.7 Å². The minimum atomic E-state index is -1.71. The highest BCUT2D eigenvalue weighted by molar-refractivity contribution is 6.07. The number of aromatic hydroxyl groups is 2. The average Bonchev–Trinajstić information content (AvgIpc) is 3.21. The quantitative estimate of drug-likeness (QED) is 0.134. The molecule has 10 rings (SSSR count). The molecule has 58 heavy (non-hydrogen) atoms. The second-order valence-electron chi connectivity index (χ2n) is 15.8. The van der Waals surface area contributed by atoms with Crippen molar-refractivity contribution >= 4 is 35.3 Å². The van der Waals surface area contributed by atoms with Crippen molar-refractivity contribution in [1.29, 1.82) is 0 Å². The molecule has 4 aromatic carbocycles. The molecule has 2 aliphatic carbocycles. The third-order valence-electron chi connectivity index (χ3n) is 13.7. The Balaban J connectivity index is 1.54. The molecule has 4 aromatic rings. The molecule has 300 valence electrons. The van der Waals surface area contributed by atoms with E-state index in [2.05, 4.69) is 0 Å².